The minimum Gasteiger partial charge on any atom is -0.492 e. The van der Waals surface area contributed by atoms with E-state index in [-0.39, 0.29) is 24.0 Å². The van der Waals surface area contributed by atoms with Gasteiger partial charge in [-0.05, 0) is 29.8 Å². The molecule has 0 amide bonds. The van der Waals surface area contributed by atoms with Crippen LogP contribution in [0.25, 0.3) is 0 Å². The van der Waals surface area contributed by atoms with Gasteiger partial charge in [0, 0.05) is 37.9 Å². The minimum atomic E-state index is 0. The Labute approximate surface area is 176 Å². The number of ether oxygens (including phenoxy) is 2. The zero-order chi connectivity index (χ0) is 18.1. The van der Waals surface area contributed by atoms with Crippen LogP contribution in [0.15, 0.2) is 47.6 Å². The van der Waals surface area contributed by atoms with E-state index in [0.29, 0.717) is 30.6 Å². The Morgan fingerprint density at radius 1 is 1.23 bits per heavy atom. The number of nitrogens with one attached hydrogen (secondary N) is 1. The van der Waals surface area contributed by atoms with E-state index in [1.165, 1.54) is 0 Å². The average molecular weight is 491 g/mol. The highest BCUT2D eigenvalue weighted by Crippen LogP contribution is 2.15. The lowest BCUT2D eigenvalue weighted by Gasteiger charge is -2.22. The number of halogens is 2. The SMILES string of the molecule is CN=C(NCc1ccc(OC)nc1)N(C)CCOc1ccc(Cl)cc1.I. The number of nitrogens with zero attached hydrogens (tertiary/aromatic N) is 3. The third-order valence-corrected chi connectivity index (χ3v) is 3.79. The van der Waals surface area contributed by atoms with Gasteiger partial charge in [0.25, 0.3) is 0 Å². The summed E-state index contributed by atoms with van der Waals surface area (Å²) in [4.78, 5) is 10.5. The second-order valence-corrected chi connectivity index (χ2v) is 5.77. The number of benzene rings is 1. The van der Waals surface area contributed by atoms with Gasteiger partial charge in [-0.25, -0.2) is 4.98 Å². The third-order valence-electron chi connectivity index (χ3n) is 3.54. The normalized spacial score (nSPS) is 10.7. The van der Waals surface area contributed by atoms with E-state index < -0.39 is 0 Å². The van der Waals surface area contributed by atoms with Gasteiger partial charge in [-0.15, -0.1) is 24.0 Å². The predicted octanol–water partition coefficient (Wildman–Crippen LogP) is 3.45. The highest BCUT2D eigenvalue weighted by atomic mass is 127. The van der Waals surface area contributed by atoms with Crippen LogP contribution < -0.4 is 14.8 Å². The Balaban J connectivity index is 0.00000338. The van der Waals surface area contributed by atoms with Crippen LogP contribution >= 0.6 is 35.6 Å². The molecular formula is C18H24ClIN4O2. The molecule has 142 valence electrons. The number of hydrogen-bond acceptors (Lipinski definition) is 4. The summed E-state index contributed by atoms with van der Waals surface area (Å²) in [7, 11) is 5.32. The van der Waals surface area contributed by atoms with Crippen LogP contribution in [-0.4, -0.2) is 50.2 Å². The summed E-state index contributed by atoms with van der Waals surface area (Å²) in [6.07, 6.45) is 1.78. The van der Waals surface area contributed by atoms with Crippen molar-refractivity contribution in [3.8, 4) is 11.6 Å². The molecule has 0 saturated carbocycles. The monoisotopic (exact) mass is 490 g/mol. The van der Waals surface area contributed by atoms with Crippen molar-refractivity contribution >= 4 is 41.5 Å². The van der Waals surface area contributed by atoms with E-state index in [1.807, 2.05) is 48.3 Å². The third kappa shape index (κ3) is 7.25. The minimum absolute atomic E-state index is 0. The molecule has 1 aromatic heterocycles. The Morgan fingerprint density at radius 2 is 1.96 bits per heavy atom. The standard InChI is InChI=1S/C18H23ClN4O2.HI/c1-20-18(22-13-14-4-9-17(24-3)21-12-14)23(2)10-11-25-16-7-5-15(19)6-8-16;/h4-9,12H,10-11,13H2,1-3H3,(H,20,22);1H. The van der Waals surface area contributed by atoms with Crippen molar-refractivity contribution in [2.45, 2.75) is 6.54 Å². The maximum Gasteiger partial charge on any atom is 0.212 e. The quantitative estimate of drug-likeness (QED) is 0.366. The van der Waals surface area contributed by atoms with Crippen LogP contribution in [0.1, 0.15) is 5.56 Å². The molecule has 0 aliphatic carbocycles. The van der Waals surface area contributed by atoms with E-state index in [1.54, 1.807) is 20.4 Å². The van der Waals surface area contributed by atoms with E-state index in [9.17, 15) is 0 Å². The van der Waals surface area contributed by atoms with E-state index in [4.69, 9.17) is 21.1 Å². The lowest BCUT2D eigenvalue weighted by atomic mass is 10.3. The van der Waals surface area contributed by atoms with Gasteiger partial charge in [0.15, 0.2) is 5.96 Å². The van der Waals surface area contributed by atoms with Gasteiger partial charge in [-0.3, -0.25) is 4.99 Å². The summed E-state index contributed by atoms with van der Waals surface area (Å²) >= 11 is 5.86. The van der Waals surface area contributed by atoms with Gasteiger partial charge >= 0.3 is 0 Å². The lowest BCUT2D eigenvalue weighted by Crippen LogP contribution is -2.40. The van der Waals surface area contributed by atoms with Gasteiger partial charge in [0.05, 0.1) is 13.7 Å². The molecule has 0 bridgehead atoms. The first kappa shape index (κ1) is 22.3. The van der Waals surface area contributed by atoms with Crippen LogP contribution in [0, 0.1) is 0 Å². The van der Waals surface area contributed by atoms with Crippen molar-refractivity contribution in [3.05, 3.63) is 53.2 Å². The maximum absolute atomic E-state index is 5.86. The van der Waals surface area contributed by atoms with E-state index in [0.717, 1.165) is 17.3 Å². The predicted molar refractivity (Wildman–Crippen MR) is 116 cm³/mol. The molecule has 2 aromatic rings. The molecule has 0 aliphatic rings. The maximum atomic E-state index is 5.86. The number of likely N-dealkylation sites (N-methyl/N-ethyl adjacent to an activating group) is 1. The molecule has 0 aliphatic heterocycles. The van der Waals surface area contributed by atoms with Gasteiger partial charge in [-0.1, -0.05) is 17.7 Å². The lowest BCUT2D eigenvalue weighted by molar-refractivity contribution is 0.281. The fraction of sp³-hybridized carbons (Fsp3) is 0.333. The Hall–Kier alpha value is -1.74. The Morgan fingerprint density at radius 3 is 2.54 bits per heavy atom. The van der Waals surface area contributed by atoms with E-state index in [2.05, 4.69) is 15.3 Å². The number of rotatable bonds is 7. The van der Waals surface area contributed by atoms with Crippen LogP contribution in [-0.2, 0) is 6.54 Å². The molecule has 0 radical (unpaired) electrons. The van der Waals surface area contributed by atoms with Crippen molar-refractivity contribution in [3.63, 3.8) is 0 Å². The first-order chi connectivity index (χ1) is 12.1. The Kier molecular flexibility index (Phi) is 10.1. The van der Waals surface area contributed by atoms with Crippen molar-refractivity contribution in [1.82, 2.24) is 15.2 Å². The fourth-order valence-corrected chi connectivity index (χ4v) is 2.27. The zero-order valence-electron chi connectivity index (χ0n) is 15.1. The van der Waals surface area contributed by atoms with Gasteiger partial charge in [0.1, 0.15) is 12.4 Å². The largest absolute Gasteiger partial charge is 0.492 e. The topological polar surface area (TPSA) is 59.0 Å². The number of methoxy groups -OCH3 is 1. The first-order valence-electron chi connectivity index (χ1n) is 7.91. The highest BCUT2D eigenvalue weighted by molar-refractivity contribution is 14.0. The molecule has 8 heteroatoms. The van der Waals surface area contributed by atoms with Crippen molar-refractivity contribution < 1.29 is 9.47 Å². The summed E-state index contributed by atoms with van der Waals surface area (Å²) in [5.41, 5.74) is 1.05. The van der Waals surface area contributed by atoms with Crippen LogP contribution in [0.4, 0.5) is 0 Å². The first-order valence-corrected chi connectivity index (χ1v) is 8.29. The summed E-state index contributed by atoms with van der Waals surface area (Å²) in [6.45, 7) is 1.87. The Bertz CT molecular complexity index is 681. The van der Waals surface area contributed by atoms with Crippen molar-refractivity contribution in [2.24, 2.45) is 4.99 Å². The molecule has 0 spiro atoms. The number of guanidine groups is 1. The average Bonchev–Trinajstić information content (AvgIpc) is 2.64. The molecule has 2 rings (SSSR count). The number of pyridine rings is 1. The molecule has 26 heavy (non-hydrogen) atoms. The zero-order valence-corrected chi connectivity index (χ0v) is 18.2. The molecule has 1 heterocycles. The summed E-state index contributed by atoms with van der Waals surface area (Å²) < 4.78 is 10.8. The summed E-state index contributed by atoms with van der Waals surface area (Å²) in [5.74, 6) is 2.19. The molecule has 0 saturated heterocycles. The van der Waals surface area contributed by atoms with Crippen LogP contribution in [0.3, 0.4) is 0 Å². The van der Waals surface area contributed by atoms with Gasteiger partial charge < -0.3 is 19.7 Å². The van der Waals surface area contributed by atoms with Crippen LogP contribution in [0.2, 0.25) is 5.02 Å². The molecule has 0 unspecified atom stereocenters. The van der Waals surface area contributed by atoms with Gasteiger partial charge in [0.2, 0.25) is 5.88 Å². The molecule has 6 nitrogen and oxygen atoms in total. The smallest absolute Gasteiger partial charge is 0.212 e. The number of aromatic nitrogens is 1. The molecule has 0 fully saturated rings. The summed E-state index contributed by atoms with van der Waals surface area (Å²) in [5, 5.41) is 4.00. The van der Waals surface area contributed by atoms with Gasteiger partial charge in [-0.2, -0.15) is 0 Å². The highest BCUT2D eigenvalue weighted by Gasteiger charge is 2.06. The van der Waals surface area contributed by atoms with Crippen molar-refractivity contribution in [1.29, 1.82) is 0 Å². The van der Waals surface area contributed by atoms with Crippen molar-refractivity contribution in [2.75, 3.05) is 34.4 Å². The summed E-state index contributed by atoms with van der Waals surface area (Å²) in [6, 6.07) is 11.1. The molecule has 1 N–H and O–H groups in total. The van der Waals surface area contributed by atoms with Crippen LogP contribution in [0.5, 0.6) is 11.6 Å². The molecule has 1 aromatic carbocycles. The van der Waals surface area contributed by atoms with E-state index >= 15 is 0 Å². The molecular weight excluding hydrogens is 467 g/mol. The number of hydrogen-bond donors (Lipinski definition) is 1. The fourth-order valence-electron chi connectivity index (χ4n) is 2.14. The second kappa shape index (κ2) is 11.8. The molecule has 0 atom stereocenters. The second-order valence-electron chi connectivity index (χ2n) is 5.33. The number of aliphatic imine (C=N–C) groups is 1.